The minimum Gasteiger partial charge on any atom is -0.465 e. The molecule has 1 aliphatic heterocycles. The van der Waals surface area contributed by atoms with Crippen LogP contribution in [0.1, 0.15) is 32.8 Å². The first-order valence-electron chi connectivity index (χ1n) is 8.16. The number of alkyl halides is 1. The van der Waals surface area contributed by atoms with Crippen LogP contribution >= 0.6 is 15.9 Å². The van der Waals surface area contributed by atoms with Gasteiger partial charge in [0.2, 0.25) is 5.67 Å². The minimum atomic E-state index is -2.28. The van der Waals surface area contributed by atoms with Gasteiger partial charge in [-0.25, -0.2) is 14.0 Å². The smallest absolute Gasteiger partial charge is 0.407 e. The predicted molar refractivity (Wildman–Crippen MR) is 95.2 cm³/mol. The highest BCUT2D eigenvalue weighted by atomic mass is 79.9. The Morgan fingerprint density at radius 2 is 2.08 bits per heavy atom. The molecule has 0 radical (unpaired) electrons. The van der Waals surface area contributed by atoms with Gasteiger partial charge in [-0.1, -0.05) is 28.1 Å². The van der Waals surface area contributed by atoms with Gasteiger partial charge in [0.1, 0.15) is 5.60 Å². The van der Waals surface area contributed by atoms with Gasteiger partial charge in [0, 0.05) is 29.9 Å². The number of halogens is 2. The number of carbonyl (C=O) groups excluding carboxylic acids is 1. The van der Waals surface area contributed by atoms with E-state index >= 15 is 4.39 Å². The lowest BCUT2D eigenvalue weighted by Gasteiger charge is -2.32. The zero-order chi connectivity index (χ0) is 18.8. The van der Waals surface area contributed by atoms with E-state index in [4.69, 9.17) is 9.84 Å². The van der Waals surface area contributed by atoms with E-state index in [0.717, 1.165) is 9.37 Å². The Balaban J connectivity index is 2.30. The highest BCUT2D eigenvalue weighted by Crippen LogP contribution is 2.36. The molecule has 1 amide bonds. The van der Waals surface area contributed by atoms with E-state index in [1.807, 2.05) is 6.07 Å². The Morgan fingerprint density at radius 3 is 2.60 bits per heavy atom. The summed E-state index contributed by atoms with van der Waals surface area (Å²) in [5.41, 5.74) is -2.45. The zero-order valence-corrected chi connectivity index (χ0v) is 16.2. The summed E-state index contributed by atoms with van der Waals surface area (Å²) in [7, 11) is 0. The van der Waals surface area contributed by atoms with E-state index in [0.29, 0.717) is 5.56 Å². The summed E-state index contributed by atoms with van der Waals surface area (Å²) in [4.78, 5) is 25.0. The minimum absolute atomic E-state index is 0.0148. The molecular formula is C18H23BrFNO4. The number of hydrogen-bond donors (Lipinski definition) is 1. The van der Waals surface area contributed by atoms with Crippen molar-refractivity contribution in [3.63, 3.8) is 0 Å². The highest BCUT2D eigenvalue weighted by molar-refractivity contribution is 9.10. The third-order valence-corrected chi connectivity index (χ3v) is 4.69. The van der Waals surface area contributed by atoms with Gasteiger partial charge in [0.25, 0.3) is 0 Å². The highest BCUT2D eigenvalue weighted by Gasteiger charge is 2.51. The van der Waals surface area contributed by atoms with Crippen LogP contribution in [0.4, 0.5) is 9.18 Å². The molecular weight excluding hydrogens is 393 g/mol. The molecule has 5 nitrogen and oxygen atoms in total. The Hall–Kier alpha value is -1.63. The molecule has 1 N–H and O–H groups in total. The first kappa shape index (κ1) is 19.7. The fraction of sp³-hybridized carbons (Fsp3) is 0.556. The molecule has 1 aromatic rings. The third-order valence-electron chi connectivity index (χ3n) is 4.19. The molecule has 0 aliphatic carbocycles. The fourth-order valence-electron chi connectivity index (χ4n) is 3.00. The van der Waals surface area contributed by atoms with E-state index in [1.165, 1.54) is 0 Å². The molecule has 1 aromatic carbocycles. The van der Waals surface area contributed by atoms with Crippen molar-refractivity contribution in [2.45, 2.75) is 44.9 Å². The van der Waals surface area contributed by atoms with E-state index in [9.17, 15) is 9.59 Å². The molecule has 0 saturated carbocycles. The molecule has 2 atom stereocenters. The standard InChI is InChI=1S/C18H23BrFNO4/c1-17(2,3)25-15(22)18(20,10-12-5-4-6-14(19)9-12)13-7-8-21(11-13)16(23)24/h4-6,9,13H,7-8,10-11H2,1-3H3,(H,23,24)/t13-,18?/m0/s1. The average Bonchev–Trinajstić information content (AvgIpc) is 2.95. The Bertz CT molecular complexity index is 661. The molecule has 1 unspecified atom stereocenters. The van der Waals surface area contributed by atoms with Crippen LogP contribution in [-0.2, 0) is 16.0 Å². The topological polar surface area (TPSA) is 66.8 Å². The van der Waals surface area contributed by atoms with Gasteiger partial charge in [0.05, 0.1) is 0 Å². The van der Waals surface area contributed by atoms with Gasteiger partial charge in [0.15, 0.2) is 0 Å². The molecule has 1 fully saturated rings. The van der Waals surface area contributed by atoms with Crippen LogP contribution in [0.25, 0.3) is 0 Å². The average molecular weight is 416 g/mol. The van der Waals surface area contributed by atoms with Crippen molar-refractivity contribution in [2.24, 2.45) is 5.92 Å². The lowest BCUT2D eigenvalue weighted by atomic mass is 9.83. The second kappa shape index (κ2) is 7.32. The number of ether oxygens (including phenoxy) is 1. The Labute approximate surface area is 155 Å². The zero-order valence-electron chi connectivity index (χ0n) is 14.6. The van der Waals surface area contributed by atoms with E-state index in [-0.39, 0.29) is 25.9 Å². The first-order chi connectivity index (χ1) is 11.5. The SMILES string of the molecule is CC(C)(C)OC(=O)C(F)(Cc1cccc(Br)c1)[C@H]1CCN(C(=O)O)C1. The molecule has 25 heavy (non-hydrogen) atoms. The van der Waals surface area contributed by atoms with Crippen LogP contribution in [0.3, 0.4) is 0 Å². The molecule has 1 saturated heterocycles. The number of likely N-dealkylation sites (tertiary alicyclic amines) is 1. The summed E-state index contributed by atoms with van der Waals surface area (Å²) < 4.78 is 22.1. The van der Waals surface area contributed by atoms with Crippen molar-refractivity contribution in [3.05, 3.63) is 34.3 Å². The number of carboxylic acid groups (broad SMARTS) is 1. The molecule has 2 rings (SSSR count). The van der Waals surface area contributed by atoms with Crippen LogP contribution < -0.4 is 0 Å². The van der Waals surface area contributed by atoms with Crippen molar-refractivity contribution >= 4 is 28.0 Å². The molecule has 0 bridgehead atoms. The van der Waals surface area contributed by atoms with Crippen molar-refractivity contribution in [1.82, 2.24) is 4.90 Å². The predicted octanol–water partition coefficient (Wildman–Crippen LogP) is 4.04. The monoisotopic (exact) mass is 415 g/mol. The van der Waals surface area contributed by atoms with Crippen LogP contribution in [0, 0.1) is 5.92 Å². The van der Waals surface area contributed by atoms with Crippen LogP contribution in [0.2, 0.25) is 0 Å². The maximum absolute atomic E-state index is 16.0. The van der Waals surface area contributed by atoms with Gasteiger partial charge in [-0.3, -0.25) is 0 Å². The van der Waals surface area contributed by atoms with Crippen LogP contribution in [0.15, 0.2) is 28.7 Å². The van der Waals surface area contributed by atoms with Gasteiger partial charge >= 0.3 is 12.1 Å². The number of amides is 1. The van der Waals surface area contributed by atoms with E-state index < -0.39 is 29.3 Å². The number of benzene rings is 1. The van der Waals surface area contributed by atoms with Gasteiger partial charge in [-0.15, -0.1) is 0 Å². The second-order valence-electron chi connectivity index (χ2n) is 7.39. The summed E-state index contributed by atoms with van der Waals surface area (Å²) in [6, 6.07) is 7.09. The summed E-state index contributed by atoms with van der Waals surface area (Å²) in [6.07, 6.45) is -0.966. The van der Waals surface area contributed by atoms with E-state index in [2.05, 4.69) is 15.9 Å². The third kappa shape index (κ3) is 4.93. The fourth-order valence-corrected chi connectivity index (χ4v) is 3.44. The van der Waals surface area contributed by atoms with Crippen molar-refractivity contribution in [2.75, 3.05) is 13.1 Å². The number of rotatable bonds is 4. The number of carbonyl (C=O) groups is 2. The van der Waals surface area contributed by atoms with Crippen molar-refractivity contribution < 1.29 is 23.8 Å². The quantitative estimate of drug-likeness (QED) is 0.753. The summed E-state index contributed by atoms with van der Waals surface area (Å²) in [5, 5.41) is 9.13. The largest absolute Gasteiger partial charge is 0.465 e. The maximum Gasteiger partial charge on any atom is 0.407 e. The molecule has 138 valence electrons. The van der Waals surface area contributed by atoms with Gasteiger partial charge in [-0.05, 0) is 44.9 Å². The first-order valence-corrected chi connectivity index (χ1v) is 8.95. The van der Waals surface area contributed by atoms with E-state index in [1.54, 1.807) is 39.0 Å². The van der Waals surface area contributed by atoms with Crippen molar-refractivity contribution in [3.8, 4) is 0 Å². The maximum atomic E-state index is 16.0. The lowest BCUT2D eigenvalue weighted by molar-refractivity contribution is -0.173. The van der Waals surface area contributed by atoms with Gasteiger partial charge < -0.3 is 14.7 Å². The van der Waals surface area contributed by atoms with Gasteiger partial charge in [-0.2, -0.15) is 0 Å². The van der Waals surface area contributed by atoms with Crippen LogP contribution in [0.5, 0.6) is 0 Å². The lowest BCUT2D eigenvalue weighted by Crippen LogP contribution is -2.48. The number of hydrogen-bond acceptors (Lipinski definition) is 3. The van der Waals surface area contributed by atoms with Crippen LogP contribution in [-0.4, -0.2) is 46.4 Å². The molecule has 0 spiro atoms. The van der Waals surface area contributed by atoms with Crippen molar-refractivity contribution in [1.29, 1.82) is 0 Å². The molecule has 1 heterocycles. The number of esters is 1. The molecule has 7 heteroatoms. The number of nitrogens with zero attached hydrogens (tertiary/aromatic N) is 1. The molecule has 0 aromatic heterocycles. The molecule has 1 aliphatic rings. The summed E-state index contributed by atoms with van der Waals surface area (Å²) >= 11 is 3.34. The Kier molecular flexibility index (Phi) is 5.76. The summed E-state index contributed by atoms with van der Waals surface area (Å²) in [5.74, 6) is -1.67. The second-order valence-corrected chi connectivity index (χ2v) is 8.30. The Morgan fingerprint density at radius 1 is 1.40 bits per heavy atom. The normalized spacial score (nSPS) is 20.2. The summed E-state index contributed by atoms with van der Waals surface area (Å²) in [6.45, 7) is 5.25.